The second-order valence-corrected chi connectivity index (χ2v) is 3.96. The van der Waals surface area contributed by atoms with Gasteiger partial charge in [-0.15, -0.1) is 0 Å². The van der Waals surface area contributed by atoms with Crippen LogP contribution in [-0.4, -0.2) is 0 Å². The number of rotatable bonds is 2. The molecule has 0 aliphatic heterocycles. The lowest BCUT2D eigenvalue weighted by Crippen LogP contribution is -1.87. The quantitative estimate of drug-likeness (QED) is 0.554. The molecule has 0 aromatic heterocycles. The molecule has 0 amide bonds. The number of hydrogen-bond donors (Lipinski definition) is 0. The first-order valence-electron chi connectivity index (χ1n) is 4.21. The fourth-order valence-electron chi connectivity index (χ4n) is 1.27. The van der Waals surface area contributed by atoms with Gasteiger partial charge in [-0.2, -0.15) is 5.26 Å². The number of nitriles is 1. The molecule has 0 heterocycles. The van der Waals surface area contributed by atoms with E-state index in [0.29, 0.717) is 11.3 Å². The van der Waals surface area contributed by atoms with Crippen LogP contribution in [0.4, 0.5) is 0 Å². The molecule has 1 aliphatic carbocycles. The summed E-state index contributed by atoms with van der Waals surface area (Å²) in [6, 6.07) is 2.22. The summed E-state index contributed by atoms with van der Waals surface area (Å²) in [5.41, 5.74) is 1.41. The van der Waals surface area contributed by atoms with E-state index in [-0.39, 0.29) is 0 Å². The van der Waals surface area contributed by atoms with E-state index in [0.717, 1.165) is 12.0 Å². The van der Waals surface area contributed by atoms with E-state index in [9.17, 15) is 0 Å². The molecule has 0 N–H and O–H groups in total. The highest BCUT2D eigenvalue weighted by Crippen LogP contribution is 2.52. The molecule has 0 bridgehead atoms. The summed E-state index contributed by atoms with van der Waals surface area (Å²) in [6.45, 7) is 6.53. The normalized spacial score (nSPS) is 27.8. The summed E-state index contributed by atoms with van der Waals surface area (Å²) in [7, 11) is 0. The van der Waals surface area contributed by atoms with Gasteiger partial charge in [-0.1, -0.05) is 26.8 Å². The van der Waals surface area contributed by atoms with Crippen LogP contribution >= 0.6 is 0 Å². The van der Waals surface area contributed by atoms with Gasteiger partial charge in [-0.25, -0.2) is 0 Å². The van der Waals surface area contributed by atoms with Crippen LogP contribution in [0.25, 0.3) is 0 Å². The highest BCUT2D eigenvalue weighted by molar-refractivity contribution is 5.24. The predicted octanol–water partition coefficient (Wildman–Crippen LogP) is 2.89. The van der Waals surface area contributed by atoms with E-state index in [2.05, 4.69) is 26.0 Å². The van der Waals surface area contributed by atoms with E-state index >= 15 is 0 Å². The van der Waals surface area contributed by atoms with Crippen LogP contribution in [0.3, 0.4) is 0 Å². The van der Waals surface area contributed by atoms with Crippen LogP contribution < -0.4 is 0 Å². The Balaban J connectivity index is 2.55. The second kappa shape index (κ2) is 2.70. The van der Waals surface area contributed by atoms with E-state index in [1.165, 1.54) is 6.42 Å². The summed E-state index contributed by atoms with van der Waals surface area (Å²) in [5, 5.41) is 8.65. The highest BCUT2D eigenvalue weighted by atomic mass is 14.5. The summed E-state index contributed by atoms with van der Waals surface area (Å²) in [4.78, 5) is 0. The summed E-state index contributed by atoms with van der Waals surface area (Å²) in [5.74, 6) is 0.664. The lowest BCUT2D eigenvalue weighted by Gasteiger charge is -1.97. The SMILES string of the molecule is CCC(C#N)=CC1CC1(C)C. The Morgan fingerprint density at radius 2 is 2.27 bits per heavy atom. The van der Waals surface area contributed by atoms with Crippen molar-refractivity contribution in [3.05, 3.63) is 11.6 Å². The molecule has 0 aromatic rings. The average Bonchev–Trinajstić information content (AvgIpc) is 2.54. The van der Waals surface area contributed by atoms with Gasteiger partial charge >= 0.3 is 0 Å². The van der Waals surface area contributed by atoms with Gasteiger partial charge in [0.05, 0.1) is 6.07 Å². The lowest BCUT2D eigenvalue weighted by molar-refractivity contribution is 0.608. The first-order chi connectivity index (χ1) is 5.10. The maximum absolute atomic E-state index is 8.65. The van der Waals surface area contributed by atoms with Gasteiger partial charge < -0.3 is 0 Å². The van der Waals surface area contributed by atoms with Gasteiger partial charge in [0.15, 0.2) is 0 Å². The third-order valence-electron chi connectivity index (χ3n) is 2.52. The van der Waals surface area contributed by atoms with Crippen LogP contribution in [0.15, 0.2) is 11.6 Å². The van der Waals surface area contributed by atoms with Crippen molar-refractivity contribution in [3.63, 3.8) is 0 Å². The van der Waals surface area contributed by atoms with E-state index < -0.39 is 0 Å². The minimum atomic E-state index is 0.470. The molecule has 0 aromatic carbocycles. The predicted molar refractivity (Wildman–Crippen MR) is 45.9 cm³/mol. The molecule has 1 heteroatoms. The van der Waals surface area contributed by atoms with Crippen molar-refractivity contribution in [2.45, 2.75) is 33.6 Å². The van der Waals surface area contributed by atoms with Gasteiger partial charge in [-0.05, 0) is 24.2 Å². The summed E-state index contributed by atoms with van der Waals surface area (Å²) >= 11 is 0. The molecule has 1 atom stereocenters. The summed E-state index contributed by atoms with van der Waals surface area (Å²) in [6.07, 6.45) is 4.27. The molecule has 1 rings (SSSR count). The molecule has 1 fully saturated rings. The molecular weight excluding hydrogens is 134 g/mol. The van der Waals surface area contributed by atoms with Crippen LogP contribution in [0.2, 0.25) is 0 Å². The average molecular weight is 149 g/mol. The molecule has 60 valence electrons. The zero-order valence-corrected chi connectivity index (χ0v) is 7.52. The third kappa shape index (κ3) is 1.83. The topological polar surface area (TPSA) is 23.8 Å². The molecule has 0 saturated heterocycles. The van der Waals surface area contributed by atoms with Gasteiger partial charge in [0, 0.05) is 5.57 Å². The molecule has 1 saturated carbocycles. The van der Waals surface area contributed by atoms with Crippen LogP contribution in [0.5, 0.6) is 0 Å². The second-order valence-electron chi connectivity index (χ2n) is 3.96. The lowest BCUT2D eigenvalue weighted by atomic mass is 10.1. The van der Waals surface area contributed by atoms with Gasteiger partial charge in [0.2, 0.25) is 0 Å². The first-order valence-corrected chi connectivity index (χ1v) is 4.21. The van der Waals surface area contributed by atoms with Crippen molar-refractivity contribution in [1.29, 1.82) is 5.26 Å². The number of allylic oxidation sites excluding steroid dienone is 2. The van der Waals surface area contributed by atoms with Gasteiger partial charge in [-0.3, -0.25) is 0 Å². The third-order valence-corrected chi connectivity index (χ3v) is 2.52. The Bertz CT molecular complexity index is 218. The molecule has 1 nitrogen and oxygen atoms in total. The number of nitrogens with zero attached hydrogens (tertiary/aromatic N) is 1. The van der Waals surface area contributed by atoms with Crippen LogP contribution in [-0.2, 0) is 0 Å². The maximum atomic E-state index is 8.65. The van der Waals surface area contributed by atoms with Crippen molar-refractivity contribution in [2.75, 3.05) is 0 Å². The molecule has 11 heavy (non-hydrogen) atoms. The van der Waals surface area contributed by atoms with Gasteiger partial charge in [0.25, 0.3) is 0 Å². The standard InChI is InChI=1S/C10H15N/c1-4-8(7-11)5-9-6-10(9,2)3/h5,9H,4,6H2,1-3H3. The van der Waals surface area contributed by atoms with Crippen LogP contribution in [0.1, 0.15) is 33.6 Å². The molecular formula is C10H15N. The van der Waals surface area contributed by atoms with E-state index in [1.54, 1.807) is 0 Å². The smallest absolute Gasteiger partial charge is 0.0943 e. The van der Waals surface area contributed by atoms with Crippen LogP contribution in [0, 0.1) is 22.7 Å². The van der Waals surface area contributed by atoms with E-state index in [1.807, 2.05) is 6.92 Å². The van der Waals surface area contributed by atoms with Crippen molar-refractivity contribution in [2.24, 2.45) is 11.3 Å². The fraction of sp³-hybridized carbons (Fsp3) is 0.700. The molecule has 0 spiro atoms. The van der Waals surface area contributed by atoms with Gasteiger partial charge in [0.1, 0.15) is 0 Å². The molecule has 1 aliphatic rings. The monoisotopic (exact) mass is 149 g/mol. The highest BCUT2D eigenvalue weighted by Gasteiger charge is 2.43. The van der Waals surface area contributed by atoms with Crippen molar-refractivity contribution >= 4 is 0 Å². The Morgan fingerprint density at radius 3 is 2.55 bits per heavy atom. The van der Waals surface area contributed by atoms with Crippen molar-refractivity contribution in [1.82, 2.24) is 0 Å². The summed E-state index contributed by atoms with van der Waals surface area (Å²) < 4.78 is 0. The first kappa shape index (κ1) is 8.33. The molecule has 0 radical (unpaired) electrons. The zero-order valence-electron chi connectivity index (χ0n) is 7.52. The minimum absolute atomic E-state index is 0.470. The molecule has 1 unspecified atom stereocenters. The minimum Gasteiger partial charge on any atom is -0.193 e. The largest absolute Gasteiger partial charge is 0.193 e. The van der Waals surface area contributed by atoms with E-state index in [4.69, 9.17) is 5.26 Å². The Hall–Kier alpha value is -0.770. The fourth-order valence-corrected chi connectivity index (χ4v) is 1.27. The zero-order chi connectivity index (χ0) is 8.48. The Labute approximate surface area is 68.7 Å². The number of hydrogen-bond acceptors (Lipinski definition) is 1. The van der Waals surface area contributed by atoms with Crippen molar-refractivity contribution < 1.29 is 0 Å². The Kier molecular flexibility index (Phi) is 2.04. The Morgan fingerprint density at radius 1 is 1.73 bits per heavy atom. The maximum Gasteiger partial charge on any atom is 0.0943 e. The van der Waals surface area contributed by atoms with Crippen molar-refractivity contribution in [3.8, 4) is 6.07 Å².